The van der Waals surface area contributed by atoms with E-state index in [0.717, 1.165) is 0 Å². The van der Waals surface area contributed by atoms with E-state index in [1.54, 1.807) is 18.2 Å². The number of amides is 1. The summed E-state index contributed by atoms with van der Waals surface area (Å²) in [6.07, 6.45) is 0.776. The molecule has 0 saturated carbocycles. The third-order valence-electron chi connectivity index (χ3n) is 3.34. The zero-order valence-electron chi connectivity index (χ0n) is 12.2. The van der Waals surface area contributed by atoms with Crippen molar-refractivity contribution in [3.63, 3.8) is 0 Å². The summed E-state index contributed by atoms with van der Waals surface area (Å²) in [5.41, 5.74) is 0.600. The molecule has 0 spiro atoms. The normalized spacial score (nSPS) is 11.4. The fourth-order valence-electron chi connectivity index (χ4n) is 2.31. The summed E-state index contributed by atoms with van der Waals surface area (Å²) in [6.45, 7) is 8.40. The van der Waals surface area contributed by atoms with E-state index in [0.29, 0.717) is 30.2 Å². The zero-order chi connectivity index (χ0) is 14.4. The summed E-state index contributed by atoms with van der Waals surface area (Å²) in [4.78, 5) is 11.9. The molecule has 1 rings (SSSR count). The Bertz CT molecular complexity index is 407. The van der Waals surface area contributed by atoms with Crippen molar-refractivity contribution >= 4 is 5.91 Å². The van der Waals surface area contributed by atoms with Crippen LogP contribution in [-0.2, 0) is 11.2 Å². The Hall–Kier alpha value is -1.38. The predicted octanol–water partition coefficient (Wildman–Crippen LogP) is 3.56. The van der Waals surface area contributed by atoms with Crippen molar-refractivity contribution in [2.45, 2.75) is 46.6 Å². The van der Waals surface area contributed by atoms with Crippen LogP contribution < -0.4 is 5.32 Å². The van der Waals surface area contributed by atoms with Crippen molar-refractivity contribution < 1.29 is 9.18 Å². The van der Waals surface area contributed by atoms with Crippen molar-refractivity contribution in [1.29, 1.82) is 0 Å². The van der Waals surface area contributed by atoms with Gasteiger partial charge < -0.3 is 5.32 Å². The molecule has 0 radical (unpaired) electrons. The number of nitrogens with one attached hydrogen (secondary N) is 1. The molecular formula is C16H24FNO. The van der Waals surface area contributed by atoms with Gasteiger partial charge in [0.25, 0.3) is 0 Å². The SMILES string of the molecule is CC(C)C(NC(=O)CCc1ccccc1F)C(C)C. The van der Waals surface area contributed by atoms with E-state index in [2.05, 4.69) is 33.0 Å². The maximum absolute atomic E-state index is 13.4. The number of carbonyl (C=O) groups excluding carboxylic acids is 1. The minimum absolute atomic E-state index is 0.00402. The van der Waals surface area contributed by atoms with Gasteiger partial charge in [-0.05, 0) is 29.9 Å². The summed E-state index contributed by atoms with van der Waals surface area (Å²) < 4.78 is 13.4. The van der Waals surface area contributed by atoms with Gasteiger partial charge in [-0.25, -0.2) is 4.39 Å². The summed E-state index contributed by atoms with van der Waals surface area (Å²) in [5.74, 6) is 0.560. The van der Waals surface area contributed by atoms with E-state index >= 15 is 0 Å². The molecule has 0 aliphatic heterocycles. The van der Waals surface area contributed by atoms with E-state index in [-0.39, 0.29) is 17.8 Å². The van der Waals surface area contributed by atoms with Crippen molar-refractivity contribution in [2.24, 2.45) is 11.8 Å². The Morgan fingerprint density at radius 2 is 1.74 bits per heavy atom. The lowest BCUT2D eigenvalue weighted by Crippen LogP contribution is -2.42. The maximum atomic E-state index is 13.4. The molecule has 0 aromatic heterocycles. The van der Waals surface area contributed by atoms with Crippen molar-refractivity contribution in [3.05, 3.63) is 35.6 Å². The van der Waals surface area contributed by atoms with E-state index in [1.807, 2.05) is 0 Å². The molecule has 0 heterocycles. The number of hydrogen-bond acceptors (Lipinski definition) is 1. The van der Waals surface area contributed by atoms with Gasteiger partial charge in [-0.2, -0.15) is 0 Å². The summed E-state index contributed by atoms with van der Waals surface area (Å²) >= 11 is 0. The maximum Gasteiger partial charge on any atom is 0.220 e. The Morgan fingerprint density at radius 3 is 2.26 bits per heavy atom. The fraction of sp³-hybridized carbons (Fsp3) is 0.562. The second kappa shape index (κ2) is 7.27. The average Bonchev–Trinajstić information content (AvgIpc) is 2.34. The lowest BCUT2D eigenvalue weighted by Gasteiger charge is -2.26. The Morgan fingerprint density at radius 1 is 1.16 bits per heavy atom. The molecule has 0 unspecified atom stereocenters. The van der Waals surface area contributed by atoms with Crippen LogP contribution in [0.2, 0.25) is 0 Å². The lowest BCUT2D eigenvalue weighted by atomic mass is 9.93. The Balaban J connectivity index is 2.50. The molecule has 0 bridgehead atoms. The van der Waals surface area contributed by atoms with Crippen molar-refractivity contribution in [2.75, 3.05) is 0 Å². The van der Waals surface area contributed by atoms with Crippen LogP contribution in [0.1, 0.15) is 39.7 Å². The number of rotatable bonds is 6. The highest BCUT2D eigenvalue weighted by atomic mass is 19.1. The fourth-order valence-corrected chi connectivity index (χ4v) is 2.31. The molecule has 0 aliphatic rings. The molecule has 2 nitrogen and oxygen atoms in total. The largest absolute Gasteiger partial charge is 0.353 e. The van der Waals surface area contributed by atoms with Crippen LogP contribution in [0.4, 0.5) is 4.39 Å². The molecule has 106 valence electrons. The molecule has 1 N–H and O–H groups in total. The van der Waals surface area contributed by atoms with Crippen LogP contribution in [0.25, 0.3) is 0 Å². The molecule has 0 atom stereocenters. The highest BCUT2D eigenvalue weighted by Gasteiger charge is 2.19. The van der Waals surface area contributed by atoms with Gasteiger partial charge in [-0.3, -0.25) is 4.79 Å². The molecule has 0 fully saturated rings. The van der Waals surface area contributed by atoms with Crippen LogP contribution in [0, 0.1) is 17.7 Å². The topological polar surface area (TPSA) is 29.1 Å². The molecular weight excluding hydrogens is 241 g/mol. The van der Waals surface area contributed by atoms with Gasteiger partial charge >= 0.3 is 0 Å². The molecule has 19 heavy (non-hydrogen) atoms. The van der Waals surface area contributed by atoms with E-state index in [4.69, 9.17) is 0 Å². The summed E-state index contributed by atoms with van der Waals surface area (Å²) in [5, 5.41) is 3.04. The number of aryl methyl sites for hydroxylation is 1. The van der Waals surface area contributed by atoms with Crippen LogP contribution >= 0.6 is 0 Å². The first-order valence-electron chi connectivity index (χ1n) is 6.94. The first-order valence-corrected chi connectivity index (χ1v) is 6.94. The first kappa shape index (κ1) is 15.7. The standard InChI is InChI=1S/C16H24FNO/c1-11(2)16(12(3)4)18-15(19)10-9-13-7-5-6-8-14(13)17/h5-8,11-12,16H,9-10H2,1-4H3,(H,18,19). The van der Waals surface area contributed by atoms with E-state index in [9.17, 15) is 9.18 Å². The van der Waals surface area contributed by atoms with Gasteiger partial charge in [-0.15, -0.1) is 0 Å². The number of carbonyl (C=O) groups is 1. The first-order chi connectivity index (χ1) is 8.91. The molecule has 0 aliphatic carbocycles. The molecule has 1 amide bonds. The minimum atomic E-state index is -0.237. The molecule has 0 saturated heterocycles. The Kier molecular flexibility index (Phi) is 6.00. The van der Waals surface area contributed by atoms with Gasteiger partial charge in [0.15, 0.2) is 0 Å². The van der Waals surface area contributed by atoms with Crippen LogP contribution in [-0.4, -0.2) is 11.9 Å². The predicted molar refractivity (Wildman–Crippen MR) is 76.3 cm³/mol. The monoisotopic (exact) mass is 265 g/mol. The van der Waals surface area contributed by atoms with Gasteiger partial charge in [0, 0.05) is 12.5 Å². The summed E-state index contributed by atoms with van der Waals surface area (Å²) in [7, 11) is 0. The second-order valence-electron chi connectivity index (χ2n) is 5.67. The van der Waals surface area contributed by atoms with Crippen molar-refractivity contribution in [1.82, 2.24) is 5.32 Å². The third-order valence-corrected chi connectivity index (χ3v) is 3.34. The highest BCUT2D eigenvalue weighted by Crippen LogP contribution is 2.13. The van der Waals surface area contributed by atoms with E-state index < -0.39 is 0 Å². The zero-order valence-corrected chi connectivity index (χ0v) is 12.2. The van der Waals surface area contributed by atoms with Gasteiger partial charge in [0.05, 0.1) is 0 Å². The average molecular weight is 265 g/mol. The smallest absolute Gasteiger partial charge is 0.220 e. The van der Waals surface area contributed by atoms with Gasteiger partial charge in [0.2, 0.25) is 5.91 Å². The molecule has 1 aromatic carbocycles. The van der Waals surface area contributed by atoms with Crippen LogP contribution in [0.5, 0.6) is 0 Å². The van der Waals surface area contributed by atoms with Crippen LogP contribution in [0.15, 0.2) is 24.3 Å². The van der Waals surface area contributed by atoms with Gasteiger partial charge in [0.1, 0.15) is 5.82 Å². The minimum Gasteiger partial charge on any atom is -0.353 e. The number of halogens is 1. The lowest BCUT2D eigenvalue weighted by molar-refractivity contribution is -0.122. The second-order valence-corrected chi connectivity index (χ2v) is 5.67. The third kappa shape index (κ3) is 5.01. The quantitative estimate of drug-likeness (QED) is 0.837. The number of hydrogen-bond donors (Lipinski definition) is 1. The highest BCUT2D eigenvalue weighted by molar-refractivity contribution is 5.76. The van der Waals surface area contributed by atoms with Crippen molar-refractivity contribution in [3.8, 4) is 0 Å². The number of benzene rings is 1. The Labute approximate surface area is 115 Å². The van der Waals surface area contributed by atoms with Crippen LogP contribution in [0.3, 0.4) is 0 Å². The molecule has 1 aromatic rings. The van der Waals surface area contributed by atoms with Gasteiger partial charge in [-0.1, -0.05) is 45.9 Å². The molecule has 3 heteroatoms. The summed E-state index contributed by atoms with van der Waals surface area (Å²) in [6, 6.07) is 6.78. The van der Waals surface area contributed by atoms with E-state index in [1.165, 1.54) is 6.07 Å².